The Hall–Kier alpha value is -3.60. The summed E-state index contributed by atoms with van der Waals surface area (Å²) < 4.78 is 11.4. The fraction of sp³-hybridized carbons (Fsp3) is 0.200. The molecule has 1 amide bonds. The number of fused-ring (bicyclic) bond motifs is 1. The van der Waals surface area contributed by atoms with Crippen LogP contribution in [0.4, 0.5) is 0 Å². The van der Waals surface area contributed by atoms with Crippen molar-refractivity contribution in [2.75, 3.05) is 6.61 Å². The van der Waals surface area contributed by atoms with E-state index in [1.807, 2.05) is 67.6 Å². The molecule has 1 aromatic heterocycles. The number of carbonyl (C=O) groups excluding carboxylic acids is 1. The molecule has 152 valence electrons. The molecule has 1 N–H and O–H groups in total. The molecule has 4 aromatic rings. The molecule has 4 rings (SSSR count). The van der Waals surface area contributed by atoms with E-state index in [0.717, 1.165) is 27.8 Å². The van der Waals surface area contributed by atoms with E-state index in [1.165, 1.54) is 11.1 Å². The SMILES string of the molecule is Cc1cccc(OCC(=O)NCc2ccc(-c3nc4cc(C)c(C)cc4o3)cc2)c1. The number of aryl methyl sites for hydroxylation is 3. The summed E-state index contributed by atoms with van der Waals surface area (Å²) in [7, 11) is 0. The summed E-state index contributed by atoms with van der Waals surface area (Å²) in [5.41, 5.74) is 7.01. The molecule has 0 unspecified atom stereocenters. The van der Waals surface area contributed by atoms with Crippen molar-refractivity contribution in [3.05, 3.63) is 82.9 Å². The standard InChI is InChI=1S/C25H24N2O3/c1-16-5-4-6-21(11-16)29-15-24(28)26-14-19-7-9-20(10-8-19)25-27-22-12-17(2)18(3)13-23(22)30-25/h4-13H,14-15H2,1-3H3,(H,26,28). The van der Waals surface area contributed by atoms with Crippen LogP contribution in [-0.2, 0) is 11.3 Å². The van der Waals surface area contributed by atoms with Gasteiger partial charge in [0.05, 0.1) is 0 Å². The predicted molar refractivity (Wildman–Crippen MR) is 117 cm³/mol. The largest absolute Gasteiger partial charge is 0.484 e. The molecule has 0 spiro atoms. The highest BCUT2D eigenvalue weighted by Gasteiger charge is 2.10. The normalized spacial score (nSPS) is 10.9. The quantitative estimate of drug-likeness (QED) is 0.488. The first-order chi connectivity index (χ1) is 14.5. The number of oxazole rings is 1. The number of benzene rings is 3. The maximum Gasteiger partial charge on any atom is 0.258 e. The molecule has 0 aliphatic carbocycles. The van der Waals surface area contributed by atoms with Crippen LogP contribution in [0.1, 0.15) is 22.3 Å². The highest BCUT2D eigenvalue weighted by atomic mass is 16.5. The molecule has 0 bridgehead atoms. The van der Waals surface area contributed by atoms with Crippen LogP contribution in [0.15, 0.2) is 65.1 Å². The molecule has 5 heteroatoms. The lowest BCUT2D eigenvalue weighted by Gasteiger charge is -2.08. The molecule has 5 nitrogen and oxygen atoms in total. The molecular weight excluding hydrogens is 376 g/mol. The Morgan fingerprint density at radius 1 is 1.00 bits per heavy atom. The van der Waals surface area contributed by atoms with Gasteiger partial charge in [0.2, 0.25) is 5.89 Å². The topological polar surface area (TPSA) is 64.4 Å². The lowest BCUT2D eigenvalue weighted by Crippen LogP contribution is -2.28. The van der Waals surface area contributed by atoms with Gasteiger partial charge in [0, 0.05) is 12.1 Å². The van der Waals surface area contributed by atoms with Crippen molar-refractivity contribution in [1.82, 2.24) is 10.3 Å². The molecule has 0 aliphatic heterocycles. The second-order valence-electron chi connectivity index (χ2n) is 7.50. The minimum absolute atomic E-state index is 0.0106. The number of ether oxygens (including phenoxy) is 1. The average molecular weight is 400 g/mol. The van der Waals surface area contributed by atoms with Crippen LogP contribution in [0, 0.1) is 20.8 Å². The molecule has 30 heavy (non-hydrogen) atoms. The van der Waals surface area contributed by atoms with Crippen LogP contribution in [0.3, 0.4) is 0 Å². The molecule has 0 saturated carbocycles. The van der Waals surface area contributed by atoms with Crippen molar-refractivity contribution in [3.63, 3.8) is 0 Å². The molecule has 0 fully saturated rings. The summed E-state index contributed by atoms with van der Waals surface area (Å²) >= 11 is 0. The van der Waals surface area contributed by atoms with E-state index < -0.39 is 0 Å². The molecule has 0 radical (unpaired) electrons. The van der Waals surface area contributed by atoms with Crippen molar-refractivity contribution >= 4 is 17.0 Å². The van der Waals surface area contributed by atoms with Crippen molar-refractivity contribution in [1.29, 1.82) is 0 Å². The van der Waals surface area contributed by atoms with Crippen LogP contribution >= 0.6 is 0 Å². The molecule has 0 saturated heterocycles. The van der Waals surface area contributed by atoms with Crippen LogP contribution in [0.25, 0.3) is 22.6 Å². The second kappa shape index (κ2) is 8.41. The zero-order valence-corrected chi connectivity index (χ0v) is 17.4. The maximum atomic E-state index is 12.1. The third kappa shape index (κ3) is 4.51. The lowest BCUT2D eigenvalue weighted by atomic mass is 10.1. The van der Waals surface area contributed by atoms with Crippen LogP contribution in [-0.4, -0.2) is 17.5 Å². The van der Waals surface area contributed by atoms with Crippen molar-refractivity contribution in [2.24, 2.45) is 0 Å². The van der Waals surface area contributed by atoms with Crippen LogP contribution in [0.2, 0.25) is 0 Å². The van der Waals surface area contributed by atoms with Crippen molar-refractivity contribution in [3.8, 4) is 17.2 Å². The van der Waals surface area contributed by atoms with E-state index in [2.05, 4.69) is 24.1 Å². The first-order valence-electron chi connectivity index (χ1n) is 9.91. The highest BCUT2D eigenvalue weighted by Crippen LogP contribution is 2.26. The minimum atomic E-state index is -0.162. The molecule has 1 heterocycles. The maximum absolute atomic E-state index is 12.1. The first kappa shape index (κ1) is 19.7. The second-order valence-corrected chi connectivity index (χ2v) is 7.50. The van der Waals surface area contributed by atoms with E-state index in [1.54, 1.807) is 0 Å². The number of rotatable bonds is 6. The summed E-state index contributed by atoms with van der Waals surface area (Å²) in [5, 5.41) is 2.87. The Labute approximate surface area is 175 Å². The van der Waals surface area contributed by atoms with Crippen molar-refractivity contribution in [2.45, 2.75) is 27.3 Å². The van der Waals surface area contributed by atoms with Gasteiger partial charge in [-0.2, -0.15) is 0 Å². The van der Waals surface area contributed by atoms with E-state index >= 15 is 0 Å². The monoisotopic (exact) mass is 400 g/mol. The van der Waals surface area contributed by atoms with Gasteiger partial charge >= 0.3 is 0 Å². The average Bonchev–Trinajstić information content (AvgIpc) is 3.14. The van der Waals surface area contributed by atoms with E-state index in [4.69, 9.17) is 9.15 Å². The number of carbonyl (C=O) groups is 1. The summed E-state index contributed by atoms with van der Waals surface area (Å²) in [4.78, 5) is 16.7. The van der Waals surface area contributed by atoms with Gasteiger partial charge in [-0.15, -0.1) is 0 Å². The van der Waals surface area contributed by atoms with Gasteiger partial charge in [-0.3, -0.25) is 4.79 Å². The first-order valence-corrected chi connectivity index (χ1v) is 9.91. The van der Waals surface area contributed by atoms with Gasteiger partial charge in [0.15, 0.2) is 12.2 Å². The Balaban J connectivity index is 1.35. The Kier molecular flexibility index (Phi) is 5.53. The Morgan fingerprint density at radius 2 is 1.77 bits per heavy atom. The molecule has 0 atom stereocenters. The smallest absolute Gasteiger partial charge is 0.258 e. The number of hydrogen-bond acceptors (Lipinski definition) is 4. The van der Waals surface area contributed by atoms with Crippen molar-refractivity contribution < 1.29 is 13.9 Å². The summed E-state index contributed by atoms with van der Waals surface area (Å²) in [5.74, 6) is 1.13. The zero-order valence-electron chi connectivity index (χ0n) is 17.4. The fourth-order valence-corrected chi connectivity index (χ4v) is 3.17. The van der Waals surface area contributed by atoms with Crippen LogP contribution < -0.4 is 10.1 Å². The molecule has 3 aromatic carbocycles. The lowest BCUT2D eigenvalue weighted by molar-refractivity contribution is -0.123. The van der Waals surface area contributed by atoms with E-state index in [-0.39, 0.29) is 12.5 Å². The highest BCUT2D eigenvalue weighted by molar-refractivity contribution is 5.78. The van der Waals surface area contributed by atoms with Gasteiger partial charge < -0.3 is 14.5 Å². The van der Waals surface area contributed by atoms with Gasteiger partial charge in [-0.05, 0) is 79.4 Å². The van der Waals surface area contributed by atoms with E-state index in [9.17, 15) is 4.79 Å². The molecule has 0 aliphatic rings. The minimum Gasteiger partial charge on any atom is -0.484 e. The number of nitrogens with zero attached hydrogens (tertiary/aromatic N) is 1. The van der Waals surface area contributed by atoms with Gasteiger partial charge in [-0.1, -0.05) is 24.3 Å². The van der Waals surface area contributed by atoms with Gasteiger partial charge in [-0.25, -0.2) is 4.98 Å². The Bertz CT molecular complexity index is 1150. The number of hydrogen-bond donors (Lipinski definition) is 1. The predicted octanol–water partition coefficient (Wildman–Crippen LogP) is 5.12. The van der Waals surface area contributed by atoms with Crippen LogP contribution in [0.5, 0.6) is 5.75 Å². The summed E-state index contributed by atoms with van der Waals surface area (Å²) in [6.45, 7) is 6.54. The number of amides is 1. The Morgan fingerprint density at radius 3 is 2.53 bits per heavy atom. The third-order valence-corrected chi connectivity index (χ3v) is 5.05. The summed E-state index contributed by atoms with van der Waals surface area (Å²) in [6.07, 6.45) is 0. The summed E-state index contributed by atoms with van der Waals surface area (Å²) in [6, 6.07) is 19.5. The third-order valence-electron chi connectivity index (χ3n) is 5.05. The molecular formula is C25H24N2O3. The van der Waals surface area contributed by atoms with Gasteiger partial charge in [0.25, 0.3) is 5.91 Å². The fourth-order valence-electron chi connectivity index (χ4n) is 3.17. The number of aromatic nitrogens is 1. The zero-order chi connectivity index (χ0) is 21.1. The van der Waals surface area contributed by atoms with Gasteiger partial charge in [0.1, 0.15) is 11.3 Å². The van der Waals surface area contributed by atoms with E-state index in [0.29, 0.717) is 18.2 Å². The number of nitrogens with one attached hydrogen (secondary N) is 1.